The summed E-state index contributed by atoms with van der Waals surface area (Å²) in [5.74, 6) is -1.12. The van der Waals surface area contributed by atoms with Gasteiger partial charge in [-0.1, -0.05) is 13.8 Å². The molecule has 42 heavy (non-hydrogen) atoms. The molecule has 0 aliphatic carbocycles. The van der Waals surface area contributed by atoms with Gasteiger partial charge in [0.1, 0.15) is 29.5 Å². The van der Waals surface area contributed by atoms with Crippen molar-refractivity contribution in [2.24, 2.45) is 10.9 Å². The maximum atomic E-state index is 13.4. The molecule has 1 aromatic rings. The van der Waals surface area contributed by atoms with E-state index in [0.29, 0.717) is 0 Å². The standard InChI is InChI=1S/C27H45N7O8/c1-14(2)17(30-24(38)41-26(4,5)6)22(37)40-15(3)19(35)16-12-28-20-18(34(16)25(39)42-27(7,8)9)21(36)32-23(31-20)29-13-33(10)11/h13-17,19,35H,12H2,1-11H3,(H,30,38)(H2,28,31,32,36)/b29-13+/t15-,16?,17-,19-/m0/s1. The molecule has 0 aromatic carbocycles. The van der Waals surface area contributed by atoms with Crippen molar-refractivity contribution in [2.75, 3.05) is 30.9 Å². The predicted molar refractivity (Wildman–Crippen MR) is 157 cm³/mol. The van der Waals surface area contributed by atoms with Crippen LogP contribution in [0, 0.1) is 5.92 Å². The lowest BCUT2D eigenvalue weighted by Crippen LogP contribution is -2.59. The zero-order chi connectivity index (χ0) is 32.2. The molecule has 4 atom stereocenters. The lowest BCUT2D eigenvalue weighted by Gasteiger charge is -2.40. The molecule has 236 valence electrons. The van der Waals surface area contributed by atoms with E-state index in [2.05, 4.69) is 25.6 Å². The minimum absolute atomic E-state index is 0.00241. The van der Waals surface area contributed by atoms with Crippen LogP contribution in [0.2, 0.25) is 0 Å². The summed E-state index contributed by atoms with van der Waals surface area (Å²) in [5, 5.41) is 16.8. The Bertz CT molecular complexity index is 1220. The van der Waals surface area contributed by atoms with E-state index in [1.807, 2.05) is 0 Å². The van der Waals surface area contributed by atoms with Crippen LogP contribution in [0.15, 0.2) is 9.79 Å². The smallest absolute Gasteiger partial charge is 0.415 e. The second-order valence-electron chi connectivity index (χ2n) is 12.6. The Kier molecular flexibility index (Phi) is 10.9. The summed E-state index contributed by atoms with van der Waals surface area (Å²) in [6.45, 7) is 14.9. The van der Waals surface area contributed by atoms with Gasteiger partial charge in [-0.25, -0.2) is 19.4 Å². The molecule has 0 saturated heterocycles. The number of nitrogens with one attached hydrogen (secondary N) is 3. The Labute approximate surface area is 246 Å². The Balaban J connectivity index is 2.37. The monoisotopic (exact) mass is 595 g/mol. The molecule has 0 fully saturated rings. The molecule has 15 heteroatoms. The highest BCUT2D eigenvalue weighted by molar-refractivity contribution is 5.93. The van der Waals surface area contributed by atoms with Crippen LogP contribution in [0.25, 0.3) is 0 Å². The van der Waals surface area contributed by atoms with Crippen molar-refractivity contribution in [3.05, 3.63) is 10.4 Å². The molecule has 1 aromatic heterocycles. The van der Waals surface area contributed by atoms with E-state index in [9.17, 15) is 24.3 Å². The summed E-state index contributed by atoms with van der Waals surface area (Å²) in [6.07, 6.45) is -2.91. The van der Waals surface area contributed by atoms with Crippen molar-refractivity contribution in [3.8, 4) is 0 Å². The molecule has 1 aliphatic rings. The number of aliphatic hydroxyl groups is 1. The van der Waals surface area contributed by atoms with Crippen LogP contribution < -0.4 is 21.1 Å². The van der Waals surface area contributed by atoms with Crippen LogP contribution >= 0.6 is 0 Å². The third kappa shape index (κ3) is 9.60. The van der Waals surface area contributed by atoms with Gasteiger partial charge in [-0.15, -0.1) is 0 Å². The number of aliphatic hydroxyl groups excluding tert-OH is 1. The number of anilines is 2. The number of carbonyl (C=O) groups excluding carboxylic acids is 3. The lowest BCUT2D eigenvalue weighted by molar-refractivity contribution is -0.158. The van der Waals surface area contributed by atoms with Gasteiger partial charge in [-0.2, -0.15) is 4.98 Å². The molecule has 0 bridgehead atoms. The van der Waals surface area contributed by atoms with E-state index >= 15 is 0 Å². The van der Waals surface area contributed by atoms with Crippen molar-refractivity contribution in [1.29, 1.82) is 0 Å². The van der Waals surface area contributed by atoms with Gasteiger partial charge in [0.25, 0.3) is 5.56 Å². The van der Waals surface area contributed by atoms with E-state index in [-0.39, 0.29) is 29.9 Å². The van der Waals surface area contributed by atoms with Crippen molar-refractivity contribution >= 4 is 41.9 Å². The van der Waals surface area contributed by atoms with Gasteiger partial charge in [0, 0.05) is 20.6 Å². The Morgan fingerprint density at radius 3 is 2.24 bits per heavy atom. The first-order valence-corrected chi connectivity index (χ1v) is 13.7. The van der Waals surface area contributed by atoms with E-state index < -0.39 is 59.2 Å². The maximum absolute atomic E-state index is 13.4. The molecule has 2 amide bonds. The summed E-state index contributed by atoms with van der Waals surface area (Å²) < 4.78 is 16.4. The molecule has 4 N–H and O–H groups in total. The molecule has 2 heterocycles. The summed E-state index contributed by atoms with van der Waals surface area (Å²) in [7, 11) is 3.50. The summed E-state index contributed by atoms with van der Waals surface area (Å²) in [6, 6.07) is -2.18. The van der Waals surface area contributed by atoms with E-state index in [4.69, 9.17) is 14.2 Å². The number of aromatic nitrogens is 2. The highest BCUT2D eigenvalue weighted by atomic mass is 16.6. The number of hydrogen-bond acceptors (Lipinski definition) is 11. The van der Waals surface area contributed by atoms with Gasteiger partial charge < -0.3 is 34.9 Å². The minimum Gasteiger partial charge on any atom is -0.458 e. The molecular weight excluding hydrogens is 550 g/mol. The number of amides is 2. The number of ether oxygens (including phenoxy) is 3. The number of esters is 1. The van der Waals surface area contributed by atoms with Crippen LogP contribution in [0.3, 0.4) is 0 Å². The molecule has 2 rings (SSSR count). The molecule has 0 spiro atoms. The van der Waals surface area contributed by atoms with Crippen molar-refractivity contribution in [2.45, 2.75) is 97.8 Å². The van der Waals surface area contributed by atoms with Crippen LogP contribution in [0.5, 0.6) is 0 Å². The Morgan fingerprint density at radius 2 is 1.71 bits per heavy atom. The van der Waals surface area contributed by atoms with Gasteiger partial charge >= 0.3 is 18.2 Å². The number of aromatic amines is 1. The zero-order valence-electron chi connectivity index (χ0n) is 26.3. The highest BCUT2D eigenvalue weighted by Gasteiger charge is 2.43. The zero-order valence-corrected chi connectivity index (χ0v) is 26.3. The largest absolute Gasteiger partial charge is 0.458 e. The van der Waals surface area contributed by atoms with Crippen LogP contribution in [0.4, 0.5) is 27.0 Å². The first-order valence-electron chi connectivity index (χ1n) is 13.7. The second kappa shape index (κ2) is 13.4. The molecule has 15 nitrogen and oxygen atoms in total. The lowest BCUT2D eigenvalue weighted by atomic mass is 10.0. The molecule has 0 saturated carbocycles. The SMILES string of the molecule is CC(C)[C@H](NC(=O)OC(C)(C)C)C(=O)O[C@@H](C)[C@H](O)C1CNc2nc(/N=C/N(C)C)[nH]c(=O)c2N1C(=O)OC(C)(C)C. The highest BCUT2D eigenvalue weighted by Crippen LogP contribution is 2.31. The first-order chi connectivity index (χ1) is 19.2. The fraction of sp³-hybridized carbons (Fsp3) is 0.704. The first kappa shape index (κ1) is 34.3. The fourth-order valence-corrected chi connectivity index (χ4v) is 3.87. The topological polar surface area (TPSA) is 188 Å². The molecule has 1 aliphatic heterocycles. The number of nitrogens with zero attached hydrogens (tertiary/aromatic N) is 4. The number of H-pyrrole nitrogens is 1. The summed E-state index contributed by atoms with van der Waals surface area (Å²) >= 11 is 0. The van der Waals surface area contributed by atoms with Crippen molar-refractivity contribution in [3.63, 3.8) is 0 Å². The van der Waals surface area contributed by atoms with Crippen molar-refractivity contribution < 1.29 is 33.7 Å². The minimum atomic E-state index is -1.48. The third-order valence-electron chi connectivity index (χ3n) is 5.70. The average Bonchev–Trinajstić information content (AvgIpc) is 2.82. The number of rotatable bonds is 8. The Morgan fingerprint density at radius 1 is 1.12 bits per heavy atom. The normalized spacial score (nSPS) is 17.5. The second-order valence-corrected chi connectivity index (χ2v) is 12.6. The average molecular weight is 596 g/mol. The Hall–Kier alpha value is -3.88. The number of aliphatic imine (C=N–C) groups is 1. The quantitative estimate of drug-likeness (QED) is 0.149. The summed E-state index contributed by atoms with van der Waals surface area (Å²) in [5.41, 5.74) is -2.59. The molecule has 1 unspecified atom stereocenters. The van der Waals surface area contributed by atoms with Gasteiger partial charge in [0.15, 0.2) is 11.5 Å². The van der Waals surface area contributed by atoms with Gasteiger partial charge in [-0.3, -0.25) is 14.7 Å². The predicted octanol–water partition coefficient (Wildman–Crippen LogP) is 2.37. The van der Waals surface area contributed by atoms with Gasteiger partial charge in [-0.05, 0) is 54.4 Å². The number of hydrogen-bond donors (Lipinski definition) is 4. The fourth-order valence-electron chi connectivity index (χ4n) is 3.87. The van der Waals surface area contributed by atoms with Crippen molar-refractivity contribution in [1.82, 2.24) is 20.2 Å². The maximum Gasteiger partial charge on any atom is 0.415 e. The van der Waals surface area contributed by atoms with Crippen LogP contribution in [-0.4, -0.2) is 101 Å². The summed E-state index contributed by atoms with van der Waals surface area (Å²) in [4.78, 5) is 65.6. The van der Waals surface area contributed by atoms with Crippen LogP contribution in [0.1, 0.15) is 62.3 Å². The number of alkyl carbamates (subject to hydrolysis) is 1. The third-order valence-corrected chi connectivity index (χ3v) is 5.70. The number of carbonyl (C=O) groups is 3. The molecule has 0 radical (unpaired) electrons. The molecular formula is C27H45N7O8. The van der Waals surface area contributed by atoms with E-state index in [1.54, 1.807) is 74.4 Å². The van der Waals surface area contributed by atoms with Crippen LogP contribution in [-0.2, 0) is 19.0 Å². The van der Waals surface area contributed by atoms with Gasteiger partial charge in [0.05, 0.1) is 12.4 Å². The van der Waals surface area contributed by atoms with E-state index in [0.717, 1.165) is 4.90 Å². The van der Waals surface area contributed by atoms with Gasteiger partial charge in [0.2, 0.25) is 5.95 Å². The van der Waals surface area contributed by atoms with E-state index in [1.165, 1.54) is 13.3 Å². The number of fused-ring (bicyclic) bond motifs is 1.